The number of amides is 2. The summed E-state index contributed by atoms with van der Waals surface area (Å²) in [5.41, 5.74) is 5.14. The molecule has 0 aliphatic heterocycles. The normalized spacial score (nSPS) is 11.2. The van der Waals surface area contributed by atoms with Gasteiger partial charge >= 0.3 is 0 Å². The molecular formula is C29H33N7O2+2. The SMILES string of the molecule is C[n+]1cn(CCCNC(=O)c2cccc(C(=O)NCCCn3c[n+](C)c4ccccc43)n2)c2ccccc21. The molecule has 3 aromatic heterocycles. The van der Waals surface area contributed by atoms with Crippen LogP contribution in [0.15, 0.2) is 79.4 Å². The summed E-state index contributed by atoms with van der Waals surface area (Å²) in [5.74, 6) is -0.565. The van der Waals surface area contributed by atoms with E-state index in [2.05, 4.69) is 70.8 Å². The van der Waals surface area contributed by atoms with Gasteiger partial charge in [-0.25, -0.2) is 23.3 Å². The molecule has 5 aromatic rings. The van der Waals surface area contributed by atoms with E-state index in [0.717, 1.165) is 37.0 Å². The van der Waals surface area contributed by atoms with Crippen molar-refractivity contribution in [3.05, 3.63) is 90.8 Å². The smallest absolute Gasteiger partial charge is 0.269 e. The minimum Gasteiger partial charge on any atom is -0.351 e. The van der Waals surface area contributed by atoms with Crippen molar-refractivity contribution in [1.29, 1.82) is 0 Å². The monoisotopic (exact) mass is 511 g/mol. The Bertz CT molecular complexity index is 1490. The third-order valence-corrected chi connectivity index (χ3v) is 6.70. The summed E-state index contributed by atoms with van der Waals surface area (Å²) < 4.78 is 8.56. The van der Waals surface area contributed by atoms with Crippen molar-refractivity contribution in [3.8, 4) is 0 Å². The van der Waals surface area contributed by atoms with Gasteiger partial charge in [-0.15, -0.1) is 0 Å². The maximum Gasteiger partial charge on any atom is 0.269 e. The highest BCUT2D eigenvalue weighted by atomic mass is 16.2. The van der Waals surface area contributed by atoms with Gasteiger partial charge in [-0.05, 0) is 36.4 Å². The third kappa shape index (κ3) is 5.41. The molecule has 0 saturated carbocycles. The Morgan fingerprint density at radius 2 is 1.13 bits per heavy atom. The van der Waals surface area contributed by atoms with Crippen LogP contribution in [-0.4, -0.2) is 39.0 Å². The van der Waals surface area contributed by atoms with E-state index in [4.69, 9.17) is 0 Å². The number of imidazole rings is 2. The predicted molar refractivity (Wildman–Crippen MR) is 144 cm³/mol. The van der Waals surface area contributed by atoms with Crippen LogP contribution in [-0.2, 0) is 27.2 Å². The number of hydrogen-bond donors (Lipinski definition) is 2. The summed E-state index contributed by atoms with van der Waals surface area (Å²) in [6.45, 7) is 2.60. The number of pyridine rings is 1. The predicted octanol–water partition coefficient (Wildman–Crippen LogP) is 2.28. The van der Waals surface area contributed by atoms with Crippen molar-refractivity contribution in [2.45, 2.75) is 25.9 Å². The average molecular weight is 512 g/mol. The number of fused-ring (bicyclic) bond motifs is 2. The number of para-hydroxylation sites is 4. The van der Waals surface area contributed by atoms with Gasteiger partial charge in [0.05, 0.1) is 27.2 Å². The van der Waals surface area contributed by atoms with E-state index in [0.29, 0.717) is 13.1 Å². The van der Waals surface area contributed by atoms with E-state index in [9.17, 15) is 9.59 Å². The number of rotatable bonds is 10. The Balaban J connectivity index is 1.09. The van der Waals surface area contributed by atoms with E-state index in [1.807, 2.05) is 38.4 Å². The molecule has 9 heteroatoms. The lowest BCUT2D eigenvalue weighted by Crippen LogP contribution is -2.29. The molecule has 0 atom stereocenters. The highest BCUT2D eigenvalue weighted by Gasteiger charge is 2.15. The lowest BCUT2D eigenvalue weighted by molar-refractivity contribution is -0.645. The molecular weight excluding hydrogens is 478 g/mol. The van der Waals surface area contributed by atoms with Gasteiger partial charge in [-0.3, -0.25) is 9.59 Å². The van der Waals surface area contributed by atoms with Crippen LogP contribution in [0.2, 0.25) is 0 Å². The van der Waals surface area contributed by atoms with Gasteiger partial charge < -0.3 is 10.6 Å². The van der Waals surface area contributed by atoms with Gasteiger partial charge in [-0.1, -0.05) is 30.3 Å². The zero-order chi connectivity index (χ0) is 26.5. The molecule has 0 aliphatic rings. The molecule has 0 unspecified atom stereocenters. The highest BCUT2D eigenvalue weighted by molar-refractivity contribution is 5.96. The topological polar surface area (TPSA) is 88.7 Å². The summed E-state index contributed by atoms with van der Waals surface area (Å²) in [4.78, 5) is 29.6. The zero-order valence-electron chi connectivity index (χ0n) is 21.8. The van der Waals surface area contributed by atoms with Gasteiger partial charge in [0.2, 0.25) is 12.7 Å². The molecule has 2 amide bonds. The average Bonchev–Trinajstić information content (AvgIpc) is 3.45. The molecule has 0 aliphatic carbocycles. The maximum absolute atomic E-state index is 12.7. The molecule has 0 radical (unpaired) electrons. The van der Waals surface area contributed by atoms with Crippen molar-refractivity contribution in [2.24, 2.45) is 14.1 Å². The van der Waals surface area contributed by atoms with Crippen LogP contribution in [0.1, 0.15) is 33.8 Å². The summed E-state index contributed by atoms with van der Waals surface area (Å²) in [7, 11) is 4.05. The summed E-state index contributed by atoms with van der Waals surface area (Å²) in [5, 5.41) is 5.84. The molecule has 3 heterocycles. The Kier molecular flexibility index (Phi) is 7.44. The molecule has 2 N–H and O–H groups in total. The van der Waals surface area contributed by atoms with E-state index in [1.165, 1.54) is 11.0 Å². The number of nitrogens with zero attached hydrogens (tertiary/aromatic N) is 5. The first-order valence-electron chi connectivity index (χ1n) is 12.9. The Morgan fingerprint density at radius 1 is 0.684 bits per heavy atom. The first-order valence-corrected chi connectivity index (χ1v) is 12.9. The number of carbonyl (C=O) groups is 2. The van der Waals surface area contributed by atoms with Gasteiger partial charge in [-0.2, -0.15) is 0 Å². The lowest BCUT2D eigenvalue weighted by atomic mass is 10.2. The first kappa shape index (κ1) is 25.1. The fourth-order valence-corrected chi connectivity index (χ4v) is 4.81. The van der Waals surface area contributed by atoms with Crippen LogP contribution >= 0.6 is 0 Å². The van der Waals surface area contributed by atoms with Crippen molar-refractivity contribution < 1.29 is 18.7 Å². The Hall–Kier alpha value is -4.53. The largest absolute Gasteiger partial charge is 0.351 e. The summed E-state index contributed by atoms with van der Waals surface area (Å²) in [6, 6.07) is 21.4. The highest BCUT2D eigenvalue weighted by Crippen LogP contribution is 2.11. The number of hydrogen-bond acceptors (Lipinski definition) is 3. The molecule has 38 heavy (non-hydrogen) atoms. The van der Waals surface area contributed by atoms with Gasteiger partial charge in [0.25, 0.3) is 11.8 Å². The Morgan fingerprint density at radius 3 is 1.61 bits per heavy atom. The molecule has 0 fully saturated rings. The summed E-state index contributed by atoms with van der Waals surface area (Å²) in [6.07, 6.45) is 5.69. The van der Waals surface area contributed by atoms with E-state index in [-0.39, 0.29) is 23.2 Å². The Labute approximate surface area is 221 Å². The van der Waals surface area contributed by atoms with Crippen molar-refractivity contribution in [3.63, 3.8) is 0 Å². The quantitative estimate of drug-likeness (QED) is 0.223. The standard InChI is InChI=1S/C29H31N7O2/c1-33-20-35(26-14-5-3-12-24(26)33)18-8-16-30-28(37)22-10-7-11-23(32-22)29(38)31-17-9-19-36-21-34(2)25-13-4-6-15-27(25)36/h3-7,10-15,20-21H,8-9,16-19H2,1-2H3/p+2. The van der Waals surface area contributed by atoms with Gasteiger partial charge in [0, 0.05) is 25.9 Å². The molecule has 9 nitrogen and oxygen atoms in total. The summed E-state index contributed by atoms with van der Waals surface area (Å²) >= 11 is 0. The third-order valence-electron chi connectivity index (χ3n) is 6.70. The molecule has 0 spiro atoms. The zero-order valence-corrected chi connectivity index (χ0v) is 21.8. The van der Waals surface area contributed by atoms with Crippen molar-refractivity contribution in [2.75, 3.05) is 13.1 Å². The minimum atomic E-state index is -0.282. The van der Waals surface area contributed by atoms with Gasteiger partial charge in [0.15, 0.2) is 22.1 Å². The van der Waals surface area contributed by atoms with Crippen LogP contribution < -0.4 is 19.8 Å². The second kappa shape index (κ2) is 11.2. The second-order valence-corrected chi connectivity index (χ2v) is 9.44. The van der Waals surface area contributed by atoms with E-state index in [1.54, 1.807) is 18.2 Å². The number of benzene rings is 2. The molecule has 2 aromatic carbocycles. The number of carbonyl (C=O) groups excluding carboxylic acids is 2. The molecule has 0 bridgehead atoms. The van der Waals surface area contributed by atoms with Crippen LogP contribution in [0.5, 0.6) is 0 Å². The van der Waals surface area contributed by atoms with Crippen molar-refractivity contribution >= 4 is 33.9 Å². The van der Waals surface area contributed by atoms with Crippen LogP contribution in [0.4, 0.5) is 0 Å². The maximum atomic E-state index is 12.7. The van der Waals surface area contributed by atoms with Crippen LogP contribution in [0, 0.1) is 0 Å². The number of aryl methyl sites for hydroxylation is 4. The molecule has 0 saturated heterocycles. The number of nitrogens with one attached hydrogen (secondary N) is 2. The lowest BCUT2D eigenvalue weighted by Gasteiger charge is -2.07. The number of aromatic nitrogens is 5. The van der Waals surface area contributed by atoms with Crippen LogP contribution in [0.3, 0.4) is 0 Å². The molecule has 5 rings (SSSR count). The van der Waals surface area contributed by atoms with Crippen molar-refractivity contribution in [1.82, 2.24) is 24.8 Å². The van der Waals surface area contributed by atoms with E-state index < -0.39 is 0 Å². The second-order valence-electron chi connectivity index (χ2n) is 9.44. The fraction of sp³-hybridized carbons (Fsp3) is 0.276. The fourth-order valence-electron chi connectivity index (χ4n) is 4.81. The molecule has 194 valence electrons. The van der Waals surface area contributed by atoms with Crippen LogP contribution in [0.25, 0.3) is 22.1 Å². The van der Waals surface area contributed by atoms with Gasteiger partial charge in [0.1, 0.15) is 11.4 Å². The first-order chi connectivity index (χ1) is 18.5. The minimum absolute atomic E-state index is 0.238. The van der Waals surface area contributed by atoms with E-state index >= 15 is 0 Å².